The van der Waals surface area contributed by atoms with E-state index in [4.69, 9.17) is 11.5 Å². The smallest absolute Gasteiger partial charge is 0.223 e. The van der Waals surface area contributed by atoms with Crippen LogP contribution in [-0.2, 0) is 38.9 Å². The molecule has 3 aromatic carbocycles. The molecule has 18 heteroatoms. The summed E-state index contributed by atoms with van der Waals surface area (Å²) < 4.78 is 48.5. The van der Waals surface area contributed by atoms with Gasteiger partial charge in [0, 0.05) is 74.0 Å². The molecule has 0 amide bonds. The molecule has 15 nitrogen and oxygen atoms in total. The van der Waals surface area contributed by atoms with Crippen molar-refractivity contribution in [2.45, 2.75) is 45.8 Å². The number of hydrogen-bond donors (Lipinski definition) is 2. The van der Waals surface area contributed by atoms with Gasteiger partial charge in [-0.2, -0.15) is 9.03 Å². The second-order valence-corrected chi connectivity index (χ2v) is 13.3. The summed E-state index contributed by atoms with van der Waals surface area (Å²) in [6.07, 6.45) is 5.93. The van der Waals surface area contributed by atoms with Crippen molar-refractivity contribution in [3.05, 3.63) is 108 Å². The van der Waals surface area contributed by atoms with Gasteiger partial charge in [0.1, 0.15) is 40.1 Å². The number of aromatic nitrogens is 12. The maximum absolute atomic E-state index is 14.0. The van der Waals surface area contributed by atoms with Crippen molar-refractivity contribution < 1.29 is 13.2 Å². The Morgan fingerprint density at radius 1 is 0.691 bits per heavy atom. The lowest BCUT2D eigenvalue weighted by atomic mass is 10.2. The molecule has 55 heavy (non-hydrogen) atoms. The lowest BCUT2D eigenvalue weighted by Crippen LogP contribution is -2.35. The van der Waals surface area contributed by atoms with Crippen LogP contribution in [0.1, 0.15) is 30.2 Å². The molecule has 9 aromatic rings. The van der Waals surface area contributed by atoms with Crippen LogP contribution >= 0.6 is 0 Å². The summed E-state index contributed by atoms with van der Waals surface area (Å²) in [6.45, 7) is 6.10. The number of anilines is 2. The van der Waals surface area contributed by atoms with Crippen molar-refractivity contribution in [1.29, 1.82) is 0 Å². The van der Waals surface area contributed by atoms with Crippen molar-refractivity contribution in [3.63, 3.8) is 0 Å². The topological polar surface area (TPSA) is 177 Å². The van der Waals surface area contributed by atoms with Crippen LogP contribution in [-0.4, -0.2) is 76.5 Å². The van der Waals surface area contributed by atoms with Gasteiger partial charge in [-0.1, -0.05) is 19.1 Å². The van der Waals surface area contributed by atoms with E-state index >= 15 is 0 Å². The molecular formula is C37H34F3N15. The standard InChI is InChI=1S/C19H14F2N6.C18H20FN9/c20-13-5-4-11-9-26(10-12(11)8-13)7-6-16-23-18-14-2-1-3-15(21)17(14)24-19(22)27(18)25-16;1-2-14-23-24-15-10-26(8-9-27(14)15)7-6-13-21-17-11-4-3-5-12(19)16(11)22-18(20)28(17)25-13/h1-5,8-10H,6-7H2,(H2,22,24);3-5H,2,6-10H2,1H3,(H2,20,22). The Morgan fingerprint density at radius 2 is 1.31 bits per heavy atom. The van der Waals surface area contributed by atoms with E-state index in [1.165, 1.54) is 33.3 Å². The molecule has 0 fully saturated rings. The number of aryl methyl sites for hydroxylation is 3. The zero-order valence-electron chi connectivity index (χ0n) is 29.6. The molecule has 0 aliphatic carbocycles. The predicted molar refractivity (Wildman–Crippen MR) is 199 cm³/mol. The average molecular weight is 746 g/mol. The number of nitrogen functional groups attached to an aromatic ring is 2. The molecule has 6 aromatic heterocycles. The minimum Gasteiger partial charge on any atom is -0.368 e. The van der Waals surface area contributed by atoms with Gasteiger partial charge < -0.3 is 20.6 Å². The number of halogens is 3. The largest absolute Gasteiger partial charge is 0.368 e. The zero-order valence-corrected chi connectivity index (χ0v) is 29.6. The number of nitrogens with two attached hydrogens (primary N) is 2. The second kappa shape index (κ2) is 13.6. The Balaban J connectivity index is 0.000000144. The van der Waals surface area contributed by atoms with E-state index in [0.29, 0.717) is 53.1 Å². The van der Waals surface area contributed by atoms with Gasteiger partial charge in [-0.15, -0.1) is 20.4 Å². The molecule has 0 atom stereocenters. The SMILES string of the molecule is CCc1nnc2n1CCN(CCc1nc3c4cccc(F)c4nc(N)n3n1)C2.Nc1nc2c(F)cccc2c2nc(CCn3cc4ccc(F)cc4c3)nn12. The lowest BCUT2D eigenvalue weighted by molar-refractivity contribution is 0.217. The number of rotatable bonds is 7. The first-order chi connectivity index (χ1) is 26.7. The Labute approximate surface area is 310 Å². The fourth-order valence-corrected chi connectivity index (χ4v) is 7.04. The third kappa shape index (κ3) is 6.29. The van der Waals surface area contributed by atoms with Gasteiger partial charge in [-0.05, 0) is 47.9 Å². The molecule has 0 saturated heterocycles. The monoisotopic (exact) mass is 745 g/mol. The van der Waals surface area contributed by atoms with Crippen LogP contribution in [0.25, 0.3) is 43.9 Å². The highest BCUT2D eigenvalue weighted by molar-refractivity contribution is 5.93. The van der Waals surface area contributed by atoms with Crippen LogP contribution in [0.2, 0.25) is 0 Å². The number of para-hydroxylation sites is 2. The molecule has 0 unspecified atom stereocenters. The van der Waals surface area contributed by atoms with Crippen LogP contribution in [0.4, 0.5) is 25.1 Å². The number of fused-ring (bicyclic) bond motifs is 8. The summed E-state index contributed by atoms with van der Waals surface area (Å²) in [6, 6.07) is 14.2. The summed E-state index contributed by atoms with van der Waals surface area (Å²) in [5.41, 5.74) is 13.3. The van der Waals surface area contributed by atoms with E-state index in [1.807, 2.05) is 17.0 Å². The first-order valence-corrected chi connectivity index (χ1v) is 17.8. The minimum atomic E-state index is -0.447. The molecule has 0 bridgehead atoms. The van der Waals surface area contributed by atoms with E-state index in [-0.39, 0.29) is 28.7 Å². The van der Waals surface area contributed by atoms with Gasteiger partial charge in [-0.3, -0.25) is 4.90 Å². The molecule has 0 saturated carbocycles. The summed E-state index contributed by atoms with van der Waals surface area (Å²) in [4.78, 5) is 19.7. The zero-order chi connectivity index (χ0) is 37.8. The fraction of sp³-hybridized carbons (Fsp3) is 0.243. The van der Waals surface area contributed by atoms with E-state index in [2.05, 4.69) is 56.7 Å². The van der Waals surface area contributed by atoms with Crippen LogP contribution in [0, 0.1) is 17.5 Å². The molecule has 0 radical (unpaired) electrons. The maximum Gasteiger partial charge on any atom is 0.223 e. The van der Waals surface area contributed by atoms with Crippen LogP contribution < -0.4 is 11.5 Å². The Hall–Kier alpha value is -6.69. The summed E-state index contributed by atoms with van der Waals surface area (Å²) in [5, 5.41) is 20.4. The molecular weight excluding hydrogens is 712 g/mol. The Morgan fingerprint density at radius 3 is 1.95 bits per heavy atom. The van der Waals surface area contributed by atoms with Gasteiger partial charge in [0.05, 0.1) is 6.54 Å². The number of hydrogen-bond acceptors (Lipinski definition) is 11. The number of nitrogens with zero attached hydrogens (tertiary/aromatic N) is 13. The van der Waals surface area contributed by atoms with Crippen molar-refractivity contribution in [3.8, 4) is 0 Å². The normalized spacial score (nSPS) is 13.3. The molecule has 4 N–H and O–H groups in total. The summed E-state index contributed by atoms with van der Waals surface area (Å²) >= 11 is 0. The first kappa shape index (κ1) is 34.1. The van der Waals surface area contributed by atoms with Crippen LogP contribution in [0.15, 0.2) is 67.0 Å². The van der Waals surface area contributed by atoms with Crippen molar-refractivity contribution in [2.24, 2.45) is 0 Å². The van der Waals surface area contributed by atoms with E-state index < -0.39 is 11.6 Å². The third-order valence-electron chi connectivity index (χ3n) is 9.77. The fourth-order valence-electron chi connectivity index (χ4n) is 7.04. The summed E-state index contributed by atoms with van der Waals surface area (Å²) in [5.74, 6) is 2.37. The third-order valence-corrected chi connectivity index (χ3v) is 9.77. The molecule has 278 valence electrons. The maximum atomic E-state index is 14.0. The number of benzene rings is 3. The highest BCUT2D eigenvalue weighted by atomic mass is 19.1. The van der Waals surface area contributed by atoms with E-state index in [1.54, 1.807) is 30.3 Å². The quantitative estimate of drug-likeness (QED) is 0.234. The van der Waals surface area contributed by atoms with Crippen LogP contribution in [0.5, 0.6) is 0 Å². The van der Waals surface area contributed by atoms with Gasteiger partial charge in [-0.25, -0.2) is 33.1 Å². The molecule has 1 aliphatic rings. The van der Waals surface area contributed by atoms with Gasteiger partial charge in [0.2, 0.25) is 11.9 Å². The summed E-state index contributed by atoms with van der Waals surface area (Å²) in [7, 11) is 0. The molecule has 10 rings (SSSR count). The van der Waals surface area contributed by atoms with Gasteiger partial charge in [0.15, 0.2) is 22.9 Å². The highest BCUT2D eigenvalue weighted by Crippen LogP contribution is 2.24. The highest BCUT2D eigenvalue weighted by Gasteiger charge is 2.21. The molecule has 0 spiro atoms. The predicted octanol–water partition coefficient (Wildman–Crippen LogP) is 4.55. The Kier molecular flexibility index (Phi) is 8.44. The van der Waals surface area contributed by atoms with Crippen molar-refractivity contribution in [1.82, 2.24) is 63.4 Å². The lowest BCUT2D eigenvalue weighted by Gasteiger charge is -2.27. The second-order valence-electron chi connectivity index (χ2n) is 13.3. The minimum absolute atomic E-state index is 0.0866. The first-order valence-electron chi connectivity index (χ1n) is 17.8. The van der Waals surface area contributed by atoms with Crippen LogP contribution in [0.3, 0.4) is 0 Å². The van der Waals surface area contributed by atoms with E-state index in [9.17, 15) is 13.2 Å². The van der Waals surface area contributed by atoms with Gasteiger partial charge in [0.25, 0.3) is 0 Å². The molecule has 7 heterocycles. The average Bonchev–Trinajstić information content (AvgIpc) is 3.99. The van der Waals surface area contributed by atoms with Crippen molar-refractivity contribution >= 4 is 55.8 Å². The van der Waals surface area contributed by atoms with E-state index in [0.717, 1.165) is 55.0 Å². The van der Waals surface area contributed by atoms with Gasteiger partial charge >= 0.3 is 0 Å². The van der Waals surface area contributed by atoms with Crippen molar-refractivity contribution in [2.75, 3.05) is 24.6 Å². The molecule has 1 aliphatic heterocycles. The Bertz CT molecular complexity index is 2890.